The fourth-order valence-corrected chi connectivity index (χ4v) is 6.42. The first-order valence-corrected chi connectivity index (χ1v) is 12.8. The quantitative estimate of drug-likeness (QED) is 0.485. The number of anilines is 2. The van der Waals surface area contributed by atoms with Crippen molar-refractivity contribution in [3.05, 3.63) is 63.1 Å². The predicted molar refractivity (Wildman–Crippen MR) is 129 cm³/mol. The summed E-state index contributed by atoms with van der Waals surface area (Å²) in [7, 11) is -2.64. The number of thiazole rings is 1. The lowest BCUT2D eigenvalue weighted by Crippen LogP contribution is -2.29. The minimum absolute atomic E-state index is 0.0587. The van der Waals surface area contributed by atoms with E-state index < -0.39 is 21.9 Å². The Morgan fingerprint density at radius 2 is 2.06 bits per heavy atom. The molecule has 0 fully saturated rings. The van der Waals surface area contributed by atoms with Crippen LogP contribution < -0.4 is 14.4 Å². The van der Waals surface area contributed by atoms with Gasteiger partial charge in [-0.05, 0) is 54.8 Å². The number of nitrogens with one attached hydrogen (secondary N) is 1. The smallest absolute Gasteiger partial charge is 0.309 e. The van der Waals surface area contributed by atoms with E-state index >= 15 is 0 Å². The van der Waals surface area contributed by atoms with Crippen LogP contribution >= 0.6 is 22.9 Å². The molecule has 12 heteroatoms. The largest absolute Gasteiger partial charge is 0.495 e. The van der Waals surface area contributed by atoms with Gasteiger partial charge in [0.1, 0.15) is 10.6 Å². The van der Waals surface area contributed by atoms with Gasteiger partial charge in [0.2, 0.25) is 0 Å². The number of rotatable bonds is 7. The van der Waals surface area contributed by atoms with Crippen molar-refractivity contribution in [3.63, 3.8) is 0 Å². The number of carboxylic acids is 1. The second-order valence-electron chi connectivity index (χ2n) is 7.58. The van der Waals surface area contributed by atoms with Gasteiger partial charge in [-0.25, -0.2) is 13.4 Å². The molecule has 0 saturated carbocycles. The highest BCUT2D eigenvalue weighted by atomic mass is 35.5. The monoisotopic (exact) mass is 521 g/mol. The zero-order valence-corrected chi connectivity index (χ0v) is 20.6. The molecule has 2 heterocycles. The Labute approximate surface area is 205 Å². The standard InChI is InChI=1S/C22H20ClN3O6S2/c1-12-7-13(21(29)25-22-24-15(11-33-22)10-20(27)28)8-17-16(12)5-6-26(17)34(30,31)19-9-14(23)3-4-18(19)32-2/h3-4,7-9,11H,5-6,10H2,1-2H3,(H,27,28)(H,24,25,29). The van der Waals surface area contributed by atoms with Crippen LogP contribution in [0, 0.1) is 6.92 Å². The molecule has 0 unspecified atom stereocenters. The van der Waals surface area contributed by atoms with E-state index in [4.69, 9.17) is 21.4 Å². The highest BCUT2D eigenvalue weighted by Gasteiger charge is 2.34. The van der Waals surface area contributed by atoms with Gasteiger partial charge in [0.15, 0.2) is 5.13 Å². The van der Waals surface area contributed by atoms with E-state index in [0.29, 0.717) is 17.8 Å². The van der Waals surface area contributed by atoms with E-state index in [1.165, 1.54) is 29.6 Å². The molecule has 2 aromatic carbocycles. The van der Waals surface area contributed by atoms with Gasteiger partial charge in [-0.15, -0.1) is 11.3 Å². The molecule has 3 aromatic rings. The van der Waals surface area contributed by atoms with E-state index in [0.717, 1.165) is 22.5 Å². The summed E-state index contributed by atoms with van der Waals surface area (Å²) in [5.74, 6) is -1.33. The molecule has 0 radical (unpaired) electrons. The fraction of sp³-hybridized carbons (Fsp3) is 0.227. The number of hydrogen-bond acceptors (Lipinski definition) is 7. The average molecular weight is 522 g/mol. The van der Waals surface area contributed by atoms with Crippen LogP contribution in [0.15, 0.2) is 40.6 Å². The number of carboxylic acid groups (broad SMARTS) is 1. The number of nitrogens with zero attached hydrogens (tertiary/aromatic N) is 2. The molecule has 0 aliphatic carbocycles. The van der Waals surface area contributed by atoms with Gasteiger partial charge >= 0.3 is 5.97 Å². The van der Waals surface area contributed by atoms with Gasteiger partial charge < -0.3 is 9.84 Å². The second kappa shape index (κ2) is 9.24. The number of halogens is 1. The maximum absolute atomic E-state index is 13.5. The third kappa shape index (κ3) is 4.59. The highest BCUT2D eigenvalue weighted by Crippen LogP contribution is 2.39. The van der Waals surface area contributed by atoms with Crippen LogP contribution in [0.1, 0.15) is 27.2 Å². The number of benzene rings is 2. The first-order chi connectivity index (χ1) is 16.1. The predicted octanol–water partition coefficient (Wildman–Crippen LogP) is 3.74. The third-order valence-electron chi connectivity index (χ3n) is 5.34. The molecule has 0 atom stereocenters. The molecule has 0 bridgehead atoms. The number of hydrogen-bond donors (Lipinski definition) is 2. The molecular weight excluding hydrogens is 502 g/mol. The van der Waals surface area contributed by atoms with E-state index in [1.54, 1.807) is 17.5 Å². The average Bonchev–Trinajstić information content (AvgIpc) is 3.40. The van der Waals surface area contributed by atoms with Gasteiger partial charge in [-0.2, -0.15) is 0 Å². The minimum Gasteiger partial charge on any atom is -0.495 e. The molecule has 9 nitrogen and oxygen atoms in total. The van der Waals surface area contributed by atoms with Crippen molar-refractivity contribution in [2.75, 3.05) is 23.3 Å². The Bertz CT molecular complexity index is 1400. The molecule has 4 rings (SSSR count). The van der Waals surface area contributed by atoms with Crippen molar-refractivity contribution in [3.8, 4) is 5.75 Å². The highest BCUT2D eigenvalue weighted by molar-refractivity contribution is 7.93. The van der Waals surface area contributed by atoms with Crippen molar-refractivity contribution in [2.45, 2.75) is 24.7 Å². The molecule has 1 amide bonds. The third-order valence-corrected chi connectivity index (χ3v) is 8.22. The lowest BCUT2D eigenvalue weighted by Gasteiger charge is -2.22. The SMILES string of the molecule is COc1ccc(Cl)cc1S(=O)(=O)N1CCc2c(C)cc(C(=O)Nc3nc(CC(=O)O)cs3)cc21. The Morgan fingerprint density at radius 1 is 1.29 bits per heavy atom. The van der Waals surface area contributed by atoms with Crippen molar-refractivity contribution in [1.82, 2.24) is 4.98 Å². The molecule has 1 aliphatic rings. The number of aromatic nitrogens is 1. The number of ether oxygens (including phenoxy) is 1. The van der Waals surface area contributed by atoms with Gasteiger partial charge in [0, 0.05) is 22.5 Å². The second-order valence-corrected chi connectivity index (χ2v) is 10.7. The van der Waals surface area contributed by atoms with Crippen LogP contribution in [-0.4, -0.2) is 44.0 Å². The number of methoxy groups -OCH3 is 1. The van der Waals surface area contributed by atoms with Gasteiger partial charge in [0.25, 0.3) is 15.9 Å². The van der Waals surface area contributed by atoms with Crippen LogP contribution in [0.25, 0.3) is 0 Å². The first kappa shape index (κ1) is 24.0. The maximum Gasteiger partial charge on any atom is 0.309 e. The molecule has 0 saturated heterocycles. The number of sulfonamides is 1. The molecular formula is C22H20ClN3O6S2. The van der Waals surface area contributed by atoms with E-state index in [-0.39, 0.29) is 39.3 Å². The Hall–Kier alpha value is -3.15. The zero-order valence-electron chi connectivity index (χ0n) is 18.2. The van der Waals surface area contributed by atoms with Crippen molar-refractivity contribution in [2.24, 2.45) is 0 Å². The van der Waals surface area contributed by atoms with Crippen molar-refractivity contribution < 1.29 is 27.9 Å². The molecule has 1 aliphatic heterocycles. The molecule has 34 heavy (non-hydrogen) atoms. The van der Waals surface area contributed by atoms with Crippen LogP contribution in [0.5, 0.6) is 5.75 Å². The van der Waals surface area contributed by atoms with Gasteiger partial charge in [-0.1, -0.05) is 11.6 Å². The van der Waals surface area contributed by atoms with E-state index in [2.05, 4.69) is 10.3 Å². The number of amides is 1. The number of carbonyl (C=O) groups excluding carboxylic acids is 1. The summed E-state index contributed by atoms with van der Waals surface area (Å²) in [6, 6.07) is 7.60. The lowest BCUT2D eigenvalue weighted by atomic mass is 10.0. The summed E-state index contributed by atoms with van der Waals surface area (Å²) < 4.78 is 33.6. The minimum atomic E-state index is -4.02. The Balaban J connectivity index is 1.67. The molecule has 1 aromatic heterocycles. The number of carbonyl (C=O) groups is 2. The number of aryl methyl sites for hydroxylation is 1. The van der Waals surface area contributed by atoms with Crippen LogP contribution in [0.3, 0.4) is 0 Å². The topological polar surface area (TPSA) is 126 Å². The number of aliphatic carboxylic acids is 1. The Kier molecular flexibility index (Phi) is 6.52. The van der Waals surface area contributed by atoms with Gasteiger partial charge in [-0.3, -0.25) is 19.2 Å². The van der Waals surface area contributed by atoms with Crippen LogP contribution in [0.2, 0.25) is 5.02 Å². The van der Waals surface area contributed by atoms with Crippen molar-refractivity contribution >= 4 is 55.7 Å². The summed E-state index contributed by atoms with van der Waals surface area (Å²) >= 11 is 7.17. The van der Waals surface area contributed by atoms with Gasteiger partial charge in [0.05, 0.1) is 24.9 Å². The summed E-state index contributed by atoms with van der Waals surface area (Å²) in [6.07, 6.45) is 0.250. The first-order valence-electron chi connectivity index (χ1n) is 10.1. The summed E-state index contributed by atoms with van der Waals surface area (Å²) in [4.78, 5) is 27.8. The normalized spacial score (nSPS) is 13.0. The lowest BCUT2D eigenvalue weighted by molar-refractivity contribution is -0.136. The molecule has 2 N–H and O–H groups in total. The van der Waals surface area contributed by atoms with E-state index in [1.807, 2.05) is 6.92 Å². The number of fused-ring (bicyclic) bond motifs is 1. The zero-order chi connectivity index (χ0) is 24.6. The van der Waals surface area contributed by atoms with Crippen LogP contribution in [0.4, 0.5) is 10.8 Å². The Morgan fingerprint density at radius 3 is 2.76 bits per heavy atom. The fourth-order valence-electron chi connectivity index (χ4n) is 3.80. The summed E-state index contributed by atoms with van der Waals surface area (Å²) in [6.45, 7) is 2.03. The van der Waals surface area contributed by atoms with Crippen molar-refractivity contribution in [1.29, 1.82) is 0 Å². The van der Waals surface area contributed by atoms with Crippen LogP contribution in [-0.2, 0) is 27.7 Å². The van der Waals surface area contributed by atoms with E-state index in [9.17, 15) is 18.0 Å². The summed E-state index contributed by atoms with van der Waals surface area (Å²) in [5.41, 5.74) is 2.62. The maximum atomic E-state index is 13.5. The summed E-state index contributed by atoms with van der Waals surface area (Å²) in [5, 5.41) is 13.6. The molecule has 178 valence electrons. The molecule has 0 spiro atoms.